The number of methoxy groups -OCH3 is 1. The number of esters is 1. The molecule has 0 bridgehead atoms. The van der Waals surface area contributed by atoms with Gasteiger partial charge in [-0.2, -0.15) is 0 Å². The van der Waals surface area contributed by atoms with Gasteiger partial charge >= 0.3 is 5.97 Å². The molecule has 0 aliphatic heterocycles. The monoisotopic (exact) mass is 324 g/mol. The maximum atomic E-state index is 12.1. The molecule has 1 atom stereocenters. The van der Waals surface area contributed by atoms with Crippen LogP contribution in [0.25, 0.3) is 0 Å². The van der Waals surface area contributed by atoms with Gasteiger partial charge in [0.25, 0.3) is 0 Å². The molecule has 5 nitrogen and oxygen atoms in total. The molecule has 1 rings (SSSR count). The highest BCUT2D eigenvalue weighted by molar-refractivity contribution is 7.99. The SMILES string of the molecule is COC(=O)CSCc1cccc(NC(=O)[C@@H](N)C(C)(C)C)c1. The first kappa shape index (κ1) is 18.5. The summed E-state index contributed by atoms with van der Waals surface area (Å²) in [5, 5.41) is 2.83. The minimum atomic E-state index is -0.579. The smallest absolute Gasteiger partial charge is 0.315 e. The highest BCUT2D eigenvalue weighted by Gasteiger charge is 2.27. The normalized spacial score (nSPS) is 12.6. The van der Waals surface area contributed by atoms with E-state index in [1.807, 2.05) is 45.0 Å². The van der Waals surface area contributed by atoms with Gasteiger partial charge in [0.1, 0.15) is 0 Å². The molecule has 0 aliphatic carbocycles. The number of rotatable bonds is 6. The molecule has 0 heterocycles. The number of benzene rings is 1. The molecule has 0 fully saturated rings. The minimum Gasteiger partial charge on any atom is -0.468 e. The van der Waals surface area contributed by atoms with Crippen molar-refractivity contribution in [2.24, 2.45) is 11.1 Å². The number of carbonyl (C=O) groups excluding carboxylic acids is 2. The van der Waals surface area contributed by atoms with Crippen LogP contribution >= 0.6 is 11.8 Å². The van der Waals surface area contributed by atoms with E-state index in [4.69, 9.17) is 5.73 Å². The summed E-state index contributed by atoms with van der Waals surface area (Å²) in [6.45, 7) is 5.78. The highest BCUT2D eigenvalue weighted by atomic mass is 32.2. The van der Waals surface area contributed by atoms with Crippen molar-refractivity contribution in [1.82, 2.24) is 0 Å². The van der Waals surface area contributed by atoms with Crippen LogP contribution in [0.15, 0.2) is 24.3 Å². The molecule has 122 valence electrons. The van der Waals surface area contributed by atoms with Crippen molar-refractivity contribution in [2.45, 2.75) is 32.6 Å². The second kappa shape index (κ2) is 8.19. The summed E-state index contributed by atoms with van der Waals surface area (Å²) < 4.78 is 4.59. The van der Waals surface area contributed by atoms with Crippen molar-refractivity contribution in [3.8, 4) is 0 Å². The third-order valence-electron chi connectivity index (χ3n) is 3.13. The van der Waals surface area contributed by atoms with Crippen molar-refractivity contribution in [3.63, 3.8) is 0 Å². The van der Waals surface area contributed by atoms with E-state index < -0.39 is 6.04 Å². The lowest BCUT2D eigenvalue weighted by Gasteiger charge is -2.25. The van der Waals surface area contributed by atoms with Gasteiger partial charge in [0, 0.05) is 11.4 Å². The summed E-state index contributed by atoms with van der Waals surface area (Å²) in [4.78, 5) is 23.2. The zero-order valence-corrected chi connectivity index (χ0v) is 14.3. The van der Waals surface area contributed by atoms with Gasteiger partial charge in [0.15, 0.2) is 0 Å². The second-order valence-corrected chi connectivity index (χ2v) is 7.09. The van der Waals surface area contributed by atoms with Crippen LogP contribution in [-0.4, -0.2) is 30.8 Å². The molecule has 1 aromatic rings. The Balaban J connectivity index is 2.61. The summed E-state index contributed by atoms with van der Waals surface area (Å²) in [5.41, 5.74) is 7.38. The zero-order valence-electron chi connectivity index (χ0n) is 13.5. The number of hydrogen-bond donors (Lipinski definition) is 2. The quantitative estimate of drug-likeness (QED) is 0.785. The van der Waals surface area contributed by atoms with Crippen LogP contribution in [0.4, 0.5) is 5.69 Å². The highest BCUT2D eigenvalue weighted by Crippen LogP contribution is 2.20. The summed E-state index contributed by atoms with van der Waals surface area (Å²) in [7, 11) is 1.37. The third kappa shape index (κ3) is 6.07. The first-order valence-corrected chi connectivity index (χ1v) is 8.19. The molecule has 1 amide bonds. The van der Waals surface area contributed by atoms with Crippen LogP contribution in [0.1, 0.15) is 26.3 Å². The fourth-order valence-corrected chi connectivity index (χ4v) is 2.47. The lowest BCUT2D eigenvalue weighted by Crippen LogP contribution is -2.45. The van der Waals surface area contributed by atoms with Crippen molar-refractivity contribution in [3.05, 3.63) is 29.8 Å². The zero-order chi connectivity index (χ0) is 16.8. The molecular weight excluding hydrogens is 300 g/mol. The van der Waals surface area contributed by atoms with E-state index in [0.717, 1.165) is 5.56 Å². The van der Waals surface area contributed by atoms with Crippen LogP contribution in [0, 0.1) is 5.41 Å². The molecule has 3 N–H and O–H groups in total. The van der Waals surface area contributed by atoms with E-state index in [-0.39, 0.29) is 17.3 Å². The summed E-state index contributed by atoms with van der Waals surface area (Å²) in [6, 6.07) is 6.94. The van der Waals surface area contributed by atoms with Crippen molar-refractivity contribution in [1.29, 1.82) is 0 Å². The number of carbonyl (C=O) groups is 2. The second-order valence-electron chi connectivity index (χ2n) is 6.10. The molecule has 0 aliphatic rings. The van der Waals surface area contributed by atoms with Crippen molar-refractivity contribution in [2.75, 3.05) is 18.2 Å². The van der Waals surface area contributed by atoms with Crippen LogP contribution in [0.2, 0.25) is 0 Å². The molecule has 0 unspecified atom stereocenters. The fraction of sp³-hybridized carbons (Fsp3) is 0.500. The van der Waals surface area contributed by atoms with Gasteiger partial charge in [-0.15, -0.1) is 11.8 Å². The van der Waals surface area contributed by atoms with E-state index in [0.29, 0.717) is 17.2 Å². The lowest BCUT2D eigenvalue weighted by molar-refractivity contribution is -0.137. The molecule has 0 aromatic heterocycles. The van der Waals surface area contributed by atoms with E-state index in [1.54, 1.807) is 0 Å². The average Bonchev–Trinajstić information content (AvgIpc) is 2.45. The molecule has 1 aromatic carbocycles. The number of anilines is 1. The van der Waals surface area contributed by atoms with Gasteiger partial charge in [0.05, 0.1) is 18.9 Å². The van der Waals surface area contributed by atoms with Gasteiger partial charge < -0.3 is 15.8 Å². The average molecular weight is 324 g/mol. The van der Waals surface area contributed by atoms with Crippen LogP contribution < -0.4 is 11.1 Å². The molecule has 0 spiro atoms. The largest absolute Gasteiger partial charge is 0.468 e. The molecule has 0 saturated carbocycles. The number of ether oxygens (including phenoxy) is 1. The number of thioether (sulfide) groups is 1. The molecule has 22 heavy (non-hydrogen) atoms. The first-order chi connectivity index (χ1) is 10.2. The summed E-state index contributed by atoms with van der Waals surface area (Å²) in [6.07, 6.45) is 0. The predicted molar refractivity (Wildman–Crippen MR) is 90.7 cm³/mol. The van der Waals surface area contributed by atoms with Crippen LogP contribution in [0.3, 0.4) is 0 Å². The number of nitrogens with two attached hydrogens (primary N) is 1. The molecule has 0 saturated heterocycles. The Bertz CT molecular complexity index is 526. The van der Waals surface area contributed by atoms with Crippen LogP contribution in [0.5, 0.6) is 0 Å². The van der Waals surface area contributed by atoms with Crippen molar-refractivity contribution >= 4 is 29.3 Å². The van der Waals surface area contributed by atoms with Crippen molar-refractivity contribution < 1.29 is 14.3 Å². The van der Waals surface area contributed by atoms with Gasteiger partial charge in [0.2, 0.25) is 5.91 Å². The fourth-order valence-electron chi connectivity index (χ4n) is 1.66. The summed E-state index contributed by atoms with van der Waals surface area (Å²) >= 11 is 1.47. The van der Waals surface area contributed by atoms with E-state index in [9.17, 15) is 9.59 Å². The van der Waals surface area contributed by atoms with Gasteiger partial charge in [-0.1, -0.05) is 32.9 Å². The van der Waals surface area contributed by atoms with E-state index in [1.165, 1.54) is 18.9 Å². The number of amides is 1. The van der Waals surface area contributed by atoms with Gasteiger partial charge in [-0.05, 0) is 23.1 Å². The standard InChI is InChI=1S/C16H24N2O3S/c1-16(2,3)14(17)15(20)18-12-7-5-6-11(8-12)9-22-10-13(19)21-4/h5-8,14H,9-10,17H2,1-4H3,(H,18,20)/t14-/m1/s1. The Morgan fingerprint density at radius 2 is 2.05 bits per heavy atom. The van der Waals surface area contributed by atoms with E-state index >= 15 is 0 Å². The van der Waals surface area contributed by atoms with Gasteiger partial charge in [-0.25, -0.2) is 0 Å². The topological polar surface area (TPSA) is 81.4 Å². The molecular formula is C16H24N2O3S. The predicted octanol–water partition coefficient (Wildman–Crippen LogP) is 2.40. The molecule has 6 heteroatoms. The maximum Gasteiger partial charge on any atom is 0.315 e. The Hall–Kier alpha value is -1.53. The summed E-state index contributed by atoms with van der Waals surface area (Å²) in [5.74, 6) is 0.532. The Labute approximate surface area is 136 Å². The number of nitrogens with one attached hydrogen (secondary N) is 1. The Kier molecular flexibility index (Phi) is 6.90. The van der Waals surface area contributed by atoms with Crippen LogP contribution in [-0.2, 0) is 20.1 Å². The maximum absolute atomic E-state index is 12.1. The minimum absolute atomic E-state index is 0.202. The number of hydrogen-bond acceptors (Lipinski definition) is 5. The molecule has 0 radical (unpaired) electrons. The first-order valence-electron chi connectivity index (χ1n) is 7.04. The lowest BCUT2D eigenvalue weighted by atomic mass is 9.87. The van der Waals surface area contributed by atoms with Gasteiger partial charge in [-0.3, -0.25) is 9.59 Å². The van der Waals surface area contributed by atoms with E-state index in [2.05, 4.69) is 10.1 Å². The third-order valence-corrected chi connectivity index (χ3v) is 4.10. The Morgan fingerprint density at radius 1 is 1.36 bits per heavy atom. The Morgan fingerprint density at radius 3 is 2.64 bits per heavy atom.